The van der Waals surface area contributed by atoms with Gasteiger partial charge in [0.1, 0.15) is 0 Å². The van der Waals surface area contributed by atoms with E-state index in [1.54, 1.807) is 0 Å². The lowest BCUT2D eigenvalue weighted by atomic mass is 10.3. The number of nitrogens with zero attached hydrogens (tertiary/aromatic N) is 1. The van der Waals surface area contributed by atoms with Gasteiger partial charge in [-0.2, -0.15) is 0 Å². The number of carbonyl (C=O) groups is 1. The summed E-state index contributed by atoms with van der Waals surface area (Å²) in [5.41, 5.74) is 0. The number of nitrogens with one attached hydrogen (secondary N) is 1. The summed E-state index contributed by atoms with van der Waals surface area (Å²) in [4.78, 5) is 12.6. The fourth-order valence-electron chi connectivity index (χ4n) is 1.45. The van der Waals surface area contributed by atoms with E-state index in [9.17, 15) is 4.79 Å². The van der Waals surface area contributed by atoms with Gasteiger partial charge in [0.15, 0.2) is 0 Å². The number of carboxylic acids is 1. The molecule has 0 bridgehead atoms. The average molecular weight is 216 g/mol. The Bertz CT molecular complexity index is 159. The maximum absolute atomic E-state index is 10.2. The van der Waals surface area contributed by atoms with E-state index in [1.807, 2.05) is 0 Å². The molecule has 0 aromatic heterocycles. The zero-order valence-corrected chi connectivity index (χ0v) is 9.96. The fraction of sp³-hybridized carbons (Fsp3) is 0.909. The smallest absolute Gasteiger partial charge is 0.304 e. The van der Waals surface area contributed by atoms with Gasteiger partial charge in [-0.25, -0.2) is 0 Å². The molecule has 0 spiro atoms. The van der Waals surface area contributed by atoms with Gasteiger partial charge >= 0.3 is 5.97 Å². The van der Waals surface area contributed by atoms with E-state index >= 15 is 0 Å². The monoisotopic (exact) mass is 216 g/mol. The van der Waals surface area contributed by atoms with Gasteiger partial charge in [-0.3, -0.25) is 4.79 Å². The van der Waals surface area contributed by atoms with Gasteiger partial charge in [-0.1, -0.05) is 13.8 Å². The van der Waals surface area contributed by atoms with Crippen molar-refractivity contribution in [2.75, 3.05) is 32.7 Å². The molecule has 0 amide bonds. The van der Waals surface area contributed by atoms with Crippen LogP contribution in [0.5, 0.6) is 0 Å². The highest BCUT2D eigenvalue weighted by Crippen LogP contribution is 1.93. The molecule has 2 N–H and O–H groups in total. The lowest BCUT2D eigenvalue weighted by Gasteiger charge is -2.17. The highest BCUT2D eigenvalue weighted by Gasteiger charge is 1.98. The zero-order valence-electron chi connectivity index (χ0n) is 9.96. The summed E-state index contributed by atoms with van der Waals surface area (Å²) >= 11 is 0. The Morgan fingerprint density at radius 1 is 1.20 bits per heavy atom. The quantitative estimate of drug-likeness (QED) is 0.538. The largest absolute Gasteiger partial charge is 0.481 e. The molecule has 0 aliphatic rings. The molecule has 0 aliphatic heterocycles. The highest BCUT2D eigenvalue weighted by atomic mass is 16.4. The van der Waals surface area contributed by atoms with Crippen LogP contribution in [0.25, 0.3) is 0 Å². The van der Waals surface area contributed by atoms with Crippen LogP contribution in [0.3, 0.4) is 0 Å². The minimum absolute atomic E-state index is 0.218. The van der Waals surface area contributed by atoms with Gasteiger partial charge in [0, 0.05) is 6.54 Å². The molecule has 15 heavy (non-hydrogen) atoms. The topological polar surface area (TPSA) is 52.6 Å². The molecule has 90 valence electrons. The summed E-state index contributed by atoms with van der Waals surface area (Å²) in [7, 11) is 0. The number of rotatable bonds is 10. The third-order valence-corrected chi connectivity index (χ3v) is 2.49. The van der Waals surface area contributed by atoms with Crippen LogP contribution in [-0.4, -0.2) is 48.7 Å². The van der Waals surface area contributed by atoms with Crippen molar-refractivity contribution in [1.29, 1.82) is 0 Å². The first kappa shape index (κ1) is 14.4. The minimum Gasteiger partial charge on any atom is -0.481 e. The molecule has 0 atom stereocenters. The van der Waals surface area contributed by atoms with Crippen LogP contribution in [0.2, 0.25) is 0 Å². The summed E-state index contributed by atoms with van der Waals surface area (Å²) in [6.07, 6.45) is 2.52. The summed E-state index contributed by atoms with van der Waals surface area (Å²) in [6, 6.07) is 0. The molecular formula is C11H24N2O2. The van der Waals surface area contributed by atoms with Gasteiger partial charge in [0.05, 0.1) is 6.42 Å². The molecule has 0 saturated heterocycles. The predicted molar refractivity (Wildman–Crippen MR) is 62.1 cm³/mol. The lowest BCUT2D eigenvalue weighted by molar-refractivity contribution is -0.136. The van der Waals surface area contributed by atoms with Crippen LogP contribution in [0.15, 0.2) is 0 Å². The van der Waals surface area contributed by atoms with E-state index in [1.165, 1.54) is 6.42 Å². The Morgan fingerprint density at radius 3 is 2.40 bits per heavy atom. The summed E-state index contributed by atoms with van der Waals surface area (Å²) < 4.78 is 0. The van der Waals surface area contributed by atoms with Crippen LogP contribution in [-0.2, 0) is 4.79 Å². The van der Waals surface area contributed by atoms with Crippen LogP contribution in [0.1, 0.15) is 33.1 Å². The van der Waals surface area contributed by atoms with Crippen molar-refractivity contribution in [2.24, 2.45) is 0 Å². The maximum Gasteiger partial charge on any atom is 0.304 e. The second-order valence-corrected chi connectivity index (χ2v) is 3.63. The minimum atomic E-state index is -0.731. The van der Waals surface area contributed by atoms with Crippen molar-refractivity contribution in [3.05, 3.63) is 0 Å². The number of hydrogen-bond donors (Lipinski definition) is 2. The molecule has 4 heteroatoms. The third kappa shape index (κ3) is 9.69. The molecule has 0 aromatic carbocycles. The summed E-state index contributed by atoms with van der Waals surface area (Å²) in [6.45, 7) is 9.23. The first-order chi connectivity index (χ1) is 7.20. The number of unbranched alkanes of at least 4 members (excludes halogenated alkanes) is 1. The maximum atomic E-state index is 10.2. The Hall–Kier alpha value is -0.610. The highest BCUT2D eigenvalue weighted by molar-refractivity contribution is 5.66. The van der Waals surface area contributed by atoms with Crippen molar-refractivity contribution in [3.63, 3.8) is 0 Å². The van der Waals surface area contributed by atoms with E-state index in [0.29, 0.717) is 6.54 Å². The second-order valence-electron chi connectivity index (χ2n) is 3.63. The normalized spacial score (nSPS) is 10.9. The van der Waals surface area contributed by atoms with E-state index in [4.69, 9.17) is 5.11 Å². The third-order valence-electron chi connectivity index (χ3n) is 2.49. The van der Waals surface area contributed by atoms with Crippen molar-refractivity contribution < 1.29 is 9.90 Å². The van der Waals surface area contributed by atoms with Gasteiger partial charge < -0.3 is 15.3 Å². The zero-order chi connectivity index (χ0) is 11.5. The molecule has 0 saturated carbocycles. The molecule has 0 aromatic rings. The van der Waals surface area contributed by atoms with Gasteiger partial charge in [0.2, 0.25) is 0 Å². The molecule has 0 heterocycles. The van der Waals surface area contributed by atoms with E-state index in [-0.39, 0.29) is 6.42 Å². The van der Waals surface area contributed by atoms with Crippen LogP contribution < -0.4 is 5.32 Å². The molecule has 0 rings (SSSR count). The van der Waals surface area contributed by atoms with E-state index < -0.39 is 5.97 Å². The van der Waals surface area contributed by atoms with Crippen molar-refractivity contribution in [1.82, 2.24) is 10.2 Å². The standard InChI is InChI=1S/C11H24N2O2/c1-3-13(4-2)10-6-5-8-12-9-7-11(14)15/h12H,3-10H2,1-2H3,(H,14,15). The molecule has 0 fully saturated rings. The van der Waals surface area contributed by atoms with Gasteiger partial charge in [0.25, 0.3) is 0 Å². The van der Waals surface area contributed by atoms with Crippen molar-refractivity contribution in [2.45, 2.75) is 33.1 Å². The Balaban J connectivity index is 3.14. The van der Waals surface area contributed by atoms with Crippen LogP contribution in [0.4, 0.5) is 0 Å². The molecule has 0 radical (unpaired) electrons. The Morgan fingerprint density at radius 2 is 1.87 bits per heavy atom. The predicted octanol–water partition coefficient (Wildman–Crippen LogP) is 1.17. The Kier molecular flexibility index (Phi) is 9.52. The first-order valence-electron chi connectivity index (χ1n) is 5.85. The molecule has 4 nitrogen and oxygen atoms in total. The molecule has 0 aliphatic carbocycles. The second kappa shape index (κ2) is 9.93. The van der Waals surface area contributed by atoms with E-state index in [2.05, 4.69) is 24.1 Å². The average Bonchev–Trinajstić information content (AvgIpc) is 2.22. The first-order valence-corrected chi connectivity index (χ1v) is 5.85. The van der Waals surface area contributed by atoms with Crippen LogP contribution >= 0.6 is 0 Å². The summed E-state index contributed by atoms with van der Waals surface area (Å²) in [5, 5.41) is 11.5. The van der Waals surface area contributed by atoms with Gasteiger partial charge in [-0.05, 0) is 39.0 Å². The number of aliphatic carboxylic acids is 1. The number of carboxylic acid groups (broad SMARTS) is 1. The van der Waals surface area contributed by atoms with Crippen molar-refractivity contribution in [3.8, 4) is 0 Å². The number of hydrogen-bond acceptors (Lipinski definition) is 3. The Labute approximate surface area is 92.7 Å². The van der Waals surface area contributed by atoms with Gasteiger partial charge in [-0.15, -0.1) is 0 Å². The van der Waals surface area contributed by atoms with E-state index in [0.717, 1.165) is 32.6 Å². The lowest BCUT2D eigenvalue weighted by Crippen LogP contribution is -2.25. The summed E-state index contributed by atoms with van der Waals surface area (Å²) in [5.74, 6) is -0.731. The SMILES string of the molecule is CCN(CC)CCCCNCCC(=O)O. The molecule has 0 unspecified atom stereocenters. The van der Waals surface area contributed by atoms with Crippen LogP contribution in [0, 0.1) is 0 Å². The fourth-order valence-corrected chi connectivity index (χ4v) is 1.45. The van der Waals surface area contributed by atoms with Crippen molar-refractivity contribution >= 4 is 5.97 Å². The molecular weight excluding hydrogens is 192 g/mol.